The van der Waals surface area contributed by atoms with E-state index in [1.807, 2.05) is 13.0 Å². The molecule has 0 atom stereocenters. The second-order valence-electron chi connectivity index (χ2n) is 11.7. The van der Waals surface area contributed by atoms with Gasteiger partial charge in [-0.2, -0.15) is 13.2 Å². The van der Waals surface area contributed by atoms with Gasteiger partial charge in [0.1, 0.15) is 17.3 Å². The Bertz CT molecular complexity index is 1670. The fourth-order valence-corrected chi connectivity index (χ4v) is 6.50. The summed E-state index contributed by atoms with van der Waals surface area (Å²) < 4.78 is 60.9. The second-order valence-corrected chi connectivity index (χ2v) is 11.7. The Kier molecular flexibility index (Phi) is 5.64. The number of fused-ring (bicyclic) bond motifs is 1. The van der Waals surface area contributed by atoms with Crippen molar-refractivity contribution in [2.75, 3.05) is 18.0 Å². The van der Waals surface area contributed by atoms with Gasteiger partial charge in [-0.25, -0.2) is 4.39 Å². The topological polar surface area (TPSA) is 42.2 Å². The van der Waals surface area contributed by atoms with Gasteiger partial charge in [-0.05, 0) is 105 Å². The van der Waals surface area contributed by atoms with Gasteiger partial charge in [0.25, 0.3) is 0 Å². The molecule has 7 rings (SSSR count). The number of hydrogen-bond acceptors (Lipinski definition) is 4. The standard InChI is InChI=1S/C32H29F4N3O/c1-18-13-22(33)5-7-24(18)29-28(30(40-38-29)20-3-4-20)21-16-31(17-21)9-11-39(12-10-31)23-6-8-27-25(15-23)26(32(34,35)36)14-19(2)37-27/h5-8,13-16,20H,3-4,9-12,17H2,1-2H3. The summed E-state index contributed by atoms with van der Waals surface area (Å²) in [4.78, 5) is 6.50. The van der Waals surface area contributed by atoms with Crippen molar-refractivity contribution in [3.63, 3.8) is 0 Å². The van der Waals surface area contributed by atoms with Gasteiger partial charge in [-0.15, -0.1) is 0 Å². The van der Waals surface area contributed by atoms with Gasteiger partial charge in [-0.3, -0.25) is 4.98 Å². The maximum atomic E-state index is 13.8. The van der Waals surface area contributed by atoms with Gasteiger partial charge in [0, 0.05) is 46.9 Å². The lowest BCUT2D eigenvalue weighted by Gasteiger charge is -2.47. The largest absolute Gasteiger partial charge is 0.417 e. The van der Waals surface area contributed by atoms with Crippen molar-refractivity contribution in [3.8, 4) is 11.3 Å². The van der Waals surface area contributed by atoms with E-state index in [-0.39, 0.29) is 16.6 Å². The lowest BCUT2D eigenvalue weighted by atomic mass is 9.63. The average Bonchev–Trinajstić information content (AvgIpc) is 3.65. The van der Waals surface area contributed by atoms with E-state index in [9.17, 15) is 17.6 Å². The van der Waals surface area contributed by atoms with Crippen LogP contribution in [0.15, 0.2) is 53.1 Å². The first kappa shape index (κ1) is 25.3. The third-order valence-electron chi connectivity index (χ3n) is 8.80. The Hall–Kier alpha value is -3.68. The van der Waals surface area contributed by atoms with Gasteiger partial charge in [0.05, 0.1) is 11.1 Å². The molecule has 1 spiro atoms. The van der Waals surface area contributed by atoms with Crippen LogP contribution in [0.5, 0.6) is 0 Å². The first-order chi connectivity index (χ1) is 19.1. The normalized spacial score (nSPS) is 18.8. The Morgan fingerprint density at radius 3 is 2.42 bits per heavy atom. The van der Waals surface area contributed by atoms with Crippen LogP contribution in [0, 0.1) is 25.1 Å². The van der Waals surface area contributed by atoms with E-state index in [4.69, 9.17) is 4.52 Å². The highest BCUT2D eigenvalue weighted by Gasteiger charge is 2.44. The predicted octanol–water partition coefficient (Wildman–Crippen LogP) is 8.62. The Balaban J connectivity index is 1.14. The SMILES string of the molecule is Cc1cc(C(F)(F)F)c2cc(N3CCC4(C=C(c5c(-c6ccc(F)cc6C)noc5C5CC5)C4)CC3)ccc2n1. The highest BCUT2D eigenvalue weighted by Crippen LogP contribution is 2.56. The highest BCUT2D eigenvalue weighted by atomic mass is 19.4. The monoisotopic (exact) mass is 547 g/mol. The summed E-state index contributed by atoms with van der Waals surface area (Å²) in [7, 11) is 0. The fraction of sp³-hybridized carbons (Fsp3) is 0.375. The van der Waals surface area contributed by atoms with E-state index >= 15 is 0 Å². The summed E-state index contributed by atoms with van der Waals surface area (Å²) in [5, 5.41) is 4.59. The van der Waals surface area contributed by atoms with Crippen LogP contribution in [-0.4, -0.2) is 23.2 Å². The molecule has 2 aromatic heterocycles. The zero-order chi connectivity index (χ0) is 27.8. The van der Waals surface area contributed by atoms with Crippen LogP contribution >= 0.6 is 0 Å². The first-order valence-corrected chi connectivity index (χ1v) is 13.8. The van der Waals surface area contributed by atoms with Crippen LogP contribution in [0.3, 0.4) is 0 Å². The molecular weight excluding hydrogens is 518 g/mol. The van der Waals surface area contributed by atoms with E-state index in [2.05, 4.69) is 21.1 Å². The molecule has 2 aliphatic carbocycles. The molecule has 2 aromatic carbocycles. The van der Waals surface area contributed by atoms with Crippen LogP contribution in [0.25, 0.3) is 27.7 Å². The molecule has 0 N–H and O–H groups in total. The van der Waals surface area contributed by atoms with Crippen LogP contribution < -0.4 is 4.90 Å². The molecule has 4 nitrogen and oxygen atoms in total. The molecule has 1 aliphatic heterocycles. The molecule has 0 bridgehead atoms. The number of pyridine rings is 1. The van der Waals surface area contributed by atoms with Crippen molar-refractivity contribution in [2.45, 2.75) is 58.0 Å². The lowest BCUT2D eigenvalue weighted by Crippen LogP contribution is -2.42. The molecule has 3 heterocycles. The molecule has 206 valence electrons. The minimum Gasteiger partial charge on any atom is -0.371 e. The van der Waals surface area contributed by atoms with Gasteiger partial charge in [-0.1, -0.05) is 11.2 Å². The summed E-state index contributed by atoms with van der Waals surface area (Å²) >= 11 is 0. The van der Waals surface area contributed by atoms with Crippen molar-refractivity contribution < 1.29 is 22.1 Å². The average molecular weight is 548 g/mol. The molecule has 0 amide bonds. The Labute approximate surface area is 229 Å². The van der Waals surface area contributed by atoms with Crippen LogP contribution in [-0.2, 0) is 6.18 Å². The summed E-state index contributed by atoms with van der Waals surface area (Å²) in [5.41, 5.74) is 5.76. The number of allylic oxidation sites excluding steroid dienone is 2. The molecule has 3 aliphatic rings. The maximum absolute atomic E-state index is 13.8. The number of rotatable bonds is 4. The number of alkyl halides is 3. The quantitative estimate of drug-likeness (QED) is 0.240. The van der Waals surface area contributed by atoms with Gasteiger partial charge in [0.2, 0.25) is 0 Å². The van der Waals surface area contributed by atoms with E-state index in [0.717, 1.165) is 85.1 Å². The molecule has 2 fully saturated rings. The van der Waals surface area contributed by atoms with Crippen molar-refractivity contribution in [2.24, 2.45) is 5.41 Å². The van der Waals surface area contributed by atoms with E-state index in [1.165, 1.54) is 17.7 Å². The number of nitrogens with zero attached hydrogens (tertiary/aromatic N) is 3. The van der Waals surface area contributed by atoms with E-state index < -0.39 is 11.7 Å². The Morgan fingerprint density at radius 1 is 1.00 bits per heavy atom. The number of anilines is 1. The first-order valence-electron chi connectivity index (χ1n) is 13.8. The highest BCUT2D eigenvalue weighted by molar-refractivity contribution is 5.87. The summed E-state index contributed by atoms with van der Waals surface area (Å²) in [5.74, 6) is 1.07. The predicted molar refractivity (Wildman–Crippen MR) is 147 cm³/mol. The number of hydrogen-bond donors (Lipinski definition) is 0. The van der Waals surface area contributed by atoms with Crippen LogP contribution in [0.2, 0.25) is 0 Å². The molecule has 0 unspecified atom stereocenters. The van der Waals surface area contributed by atoms with Gasteiger partial charge >= 0.3 is 6.18 Å². The van der Waals surface area contributed by atoms with E-state index in [0.29, 0.717) is 17.1 Å². The third kappa shape index (κ3) is 4.28. The number of piperidine rings is 1. The summed E-state index contributed by atoms with van der Waals surface area (Å²) in [6.45, 7) is 5.00. The van der Waals surface area contributed by atoms with Gasteiger partial charge < -0.3 is 9.42 Å². The van der Waals surface area contributed by atoms with Crippen molar-refractivity contribution in [1.82, 2.24) is 10.1 Å². The zero-order valence-electron chi connectivity index (χ0n) is 22.4. The Morgan fingerprint density at radius 2 is 1.75 bits per heavy atom. The molecule has 1 saturated heterocycles. The minimum atomic E-state index is -4.43. The smallest absolute Gasteiger partial charge is 0.371 e. The van der Waals surface area contributed by atoms with Crippen molar-refractivity contribution >= 4 is 22.2 Å². The lowest BCUT2D eigenvalue weighted by molar-refractivity contribution is -0.136. The van der Waals surface area contributed by atoms with E-state index in [1.54, 1.807) is 25.1 Å². The number of aromatic nitrogens is 2. The molecule has 1 saturated carbocycles. The van der Waals surface area contributed by atoms with Crippen LogP contribution in [0.1, 0.15) is 66.2 Å². The summed E-state index contributed by atoms with van der Waals surface area (Å²) in [6.07, 6.45) is 2.86. The third-order valence-corrected chi connectivity index (χ3v) is 8.80. The summed E-state index contributed by atoms with van der Waals surface area (Å²) in [6, 6.07) is 11.1. The van der Waals surface area contributed by atoms with Crippen LogP contribution in [0.4, 0.5) is 23.2 Å². The number of aryl methyl sites for hydroxylation is 2. The molecule has 4 aromatic rings. The minimum absolute atomic E-state index is 0.0612. The zero-order valence-corrected chi connectivity index (χ0v) is 22.4. The molecular formula is C32H29F4N3O. The molecule has 0 radical (unpaired) electrons. The van der Waals surface area contributed by atoms with Crippen molar-refractivity contribution in [1.29, 1.82) is 0 Å². The fourth-order valence-electron chi connectivity index (χ4n) is 6.50. The van der Waals surface area contributed by atoms with Crippen molar-refractivity contribution in [3.05, 3.63) is 82.5 Å². The maximum Gasteiger partial charge on any atom is 0.417 e. The van der Waals surface area contributed by atoms with Gasteiger partial charge in [0.15, 0.2) is 0 Å². The number of halogens is 4. The number of benzene rings is 2. The molecule has 40 heavy (non-hydrogen) atoms. The second kappa shape index (κ2) is 8.91. The molecule has 8 heteroatoms.